The number of carbonyl (C=O) groups is 2. The molecule has 0 saturated heterocycles. The Hall–Kier alpha value is -1.95. The van der Waals surface area contributed by atoms with Crippen LogP contribution in [0.15, 0.2) is 46.6 Å². The Balaban J connectivity index is 4.30. The zero-order valence-electron chi connectivity index (χ0n) is 20.1. The zero-order chi connectivity index (χ0) is 23.8. The molecule has 0 heterocycles. The second-order valence-electron chi connectivity index (χ2n) is 8.41. The van der Waals surface area contributed by atoms with Crippen molar-refractivity contribution in [3.63, 3.8) is 0 Å². The van der Waals surface area contributed by atoms with Gasteiger partial charge in [-0.1, -0.05) is 46.6 Å². The summed E-state index contributed by atoms with van der Waals surface area (Å²) in [5, 5.41) is 11.4. The molecule has 2 unspecified atom stereocenters. The summed E-state index contributed by atoms with van der Waals surface area (Å²) in [4.78, 5) is 22.2. The summed E-state index contributed by atoms with van der Waals surface area (Å²) >= 11 is 0. The molecule has 0 fully saturated rings. The fourth-order valence-electron chi connectivity index (χ4n) is 2.90. The number of carbonyl (C=O) groups excluding carboxylic acids is 1. The van der Waals surface area contributed by atoms with Crippen LogP contribution in [0, 0.1) is 0 Å². The third-order valence-electron chi connectivity index (χ3n) is 4.80. The average molecular weight is 452 g/mol. The summed E-state index contributed by atoms with van der Waals surface area (Å²) in [7, 11) is -1.33. The van der Waals surface area contributed by atoms with Crippen molar-refractivity contribution in [2.75, 3.05) is 11.5 Å². The van der Waals surface area contributed by atoms with Gasteiger partial charge in [-0.25, -0.2) is 4.79 Å². The van der Waals surface area contributed by atoms with Crippen molar-refractivity contribution in [3.8, 4) is 0 Å². The predicted octanol–water partition coefficient (Wildman–Crippen LogP) is 5.47. The summed E-state index contributed by atoms with van der Waals surface area (Å²) in [5.74, 6) is -1.39. The number of rotatable bonds is 15. The Morgan fingerprint density at radius 1 is 0.806 bits per heavy atom. The van der Waals surface area contributed by atoms with Gasteiger partial charge >= 0.3 is 5.97 Å². The normalized spacial score (nSPS) is 14.7. The minimum atomic E-state index is -1.33. The van der Waals surface area contributed by atoms with Crippen LogP contribution in [-0.2, 0) is 20.4 Å². The highest BCUT2D eigenvalue weighted by atomic mass is 32.2. The van der Waals surface area contributed by atoms with Crippen LogP contribution >= 0.6 is 0 Å². The molecule has 0 spiro atoms. The summed E-state index contributed by atoms with van der Waals surface area (Å²) < 4.78 is 12.1. The van der Waals surface area contributed by atoms with E-state index >= 15 is 0 Å². The lowest BCUT2D eigenvalue weighted by Crippen LogP contribution is -2.43. The molecule has 0 radical (unpaired) electrons. The number of carboxylic acids is 1. The van der Waals surface area contributed by atoms with E-state index in [0.717, 1.165) is 44.1 Å². The van der Waals surface area contributed by atoms with Crippen molar-refractivity contribution < 1.29 is 18.9 Å². The molecule has 0 aliphatic carbocycles. The van der Waals surface area contributed by atoms with Crippen LogP contribution in [0.1, 0.15) is 80.1 Å². The van der Waals surface area contributed by atoms with E-state index in [9.17, 15) is 13.8 Å². The smallest absolute Gasteiger partial charge is 0.327 e. The van der Waals surface area contributed by atoms with Gasteiger partial charge < -0.3 is 10.4 Å². The fourth-order valence-corrected chi connectivity index (χ4v) is 4.10. The number of allylic oxidation sites excluding steroid dienone is 7. The van der Waals surface area contributed by atoms with Crippen molar-refractivity contribution in [1.29, 1.82) is 0 Å². The lowest BCUT2D eigenvalue weighted by atomic mass is 10.0. The van der Waals surface area contributed by atoms with E-state index < -0.39 is 28.7 Å². The van der Waals surface area contributed by atoms with Gasteiger partial charge in [0.2, 0.25) is 5.91 Å². The molecule has 0 aromatic heterocycles. The molecule has 0 saturated carbocycles. The van der Waals surface area contributed by atoms with Crippen LogP contribution in [0.3, 0.4) is 0 Å². The molecular weight excluding hydrogens is 410 g/mol. The predicted molar refractivity (Wildman–Crippen MR) is 132 cm³/mol. The summed E-state index contributed by atoms with van der Waals surface area (Å²) in [6.45, 7) is 11.9. The van der Waals surface area contributed by atoms with Gasteiger partial charge in [0.05, 0.1) is 5.75 Å². The summed E-state index contributed by atoms with van der Waals surface area (Å²) in [6, 6.07) is -1.11. The van der Waals surface area contributed by atoms with E-state index in [1.165, 1.54) is 23.6 Å². The molecule has 0 aliphatic rings. The molecule has 6 heteroatoms. The average Bonchev–Trinajstić information content (AvgIpc) is 2.65. The van der Waals surface area contributed by atoms with Crippen LogP contribution in [0.4, 0.5) is 0 Å². The SMILES string of the molecule is CC(=O)NC(CS(=O)C/C=C(\C)CC/C=C(\C)CC/C=C(\C)CCC=C(C)C)C(=O)O. The van der Waals surface area contributed by atoms with Crippen LogP contribution in [0.2, 0.25) is 0 Å². The highest BCUT2D eigenvalue weighted by molar-refractivity contribution is 7.85. The second-order valence-corrected chi connectivity index (χ2v) is 9.96. The molecule has 31 heavy (non-hydrogen) atoms. The molecule has 0 aliphatic heterocycles. The third-order valence-corrected chi connectivity index (χ3v) is 6.04. The van der Waals surface area contributed by atoms with Crippen molar-refractivity contribution in [3.05, 3.63) is 46.6 Å². The lowest BCUT2D eigenvalue weighted by molar-refractivity contribution is -0.140. The largest absolute Gasteiger partial charge is 0.480 e. The Labute approximate surface area is 191 Å². The first-order valence-corrected chi connectivity index (χ1v) is 12.4. The highest BCUT2D eigenvalue weighted by Gasteiger charge is 2.20. The van der Waals surface area contributed by atoms with E-state index in [1.807, 2.05) is 13.0 Å². The van der Waals surface area contributed by atoms with E-state index in [-0.39, 0.29) is 5.75 Å². The maximum absolute atomic E-state index is 12.1. The van der Waals surface area contributed by atoms with Gasteiger partial charge in [0.15, 0.2) is 0 Å². The minimum absolute atomic E-state index is 0.0843. The molecule has 0 bridgehead atoms. The molecule has 0 aromatic rings. The first-order chi connectivity index (χ1) is 14.5. The molecule has 2 atom stereocenters. The lowest BCUT2D eigenvalue weighted by Gasteiger charge is -2.12. The molecule has 2 N–H and O–H groups in total. The Kier molecular flexibility index (Phi) is 15.7. The van der Waals surface area contributed by atoms with Gasteiger partial charge in [-0.2, -0.15) is 0 Å². The topological polar surface area (TPSA) is 83.5 Å². The molecule has 0 aromatic carbocycles. The third kappa shape index (κ3) is 17.4. The highest BCUT2D eigenvalue weighted by Crippen LogP contribution is 2.13. The number of hydrogen-bond acceptors (Lipinski definition) is 3. The molecule has 1 amide bonds. The number of carboxylic acid groups (broad SMARTS) is 1. The molecule has 176 valence electrons. The van der Waals surface area contributed by atoms with Gasteiger partial charge in [0, 0.05) is 23.5 Å². The quantitative estimate of drug-likeness (QED) is 0.323. The van der Waals surface area contributed by atoms with Crippen LogP contribution in [0.5, 0.6) is 0 Å². The minimum Gasteiger partial charge on any atom is -0.480 e. The maximum Gasteiger partial charge on any atom is 0.327 e. The number of aliphatic carboxylic acids is 1. The Morgan fingerprint density at radius 2 is 1.26 bits per heavy atom. The Morgan fingerprint density at radius 3 is 1.68 bits per heavy atom. The van der Waals surface area contributed by atoms with Crippen molar-refractivity contribution in [1.82, 2.24) is 5.32 Å². The molecular formula is C25H41NO4S. The van der Waals surface area contributed by atoms with Crippen LogP contribution < -0.4 is 5.32 Å². The van der Waals surface area contributed by atoms with Gasteiger partial charge in [0.1, 0.15) is 6.04 Å². The van der Waals surface area contributed by atoms with E-state index in [0.29, 0.717) is 5.75 Å². The van der Waals surface area contributed by atoms with E-state index in [1.54, 1.807) is 0 Å². The fraction of sp³-hybridized carbons (Fsp3) is 0.600. The summed E-state index contributed by atoms with van der Waals surface area (Å²) in [6.07, 6.45) is 15.0. The summed E-state index contributed by atoms with van der Waals surface area (Å²) in [5.41, 5.74) is 5.33. The van der Waals surface area contributed by atoms with Gasteiger partial charge in [-0.05, 0) is 73.1 Å². The van der Waals surface area contributed by atoms with Gasteiger partial charge in [-0.3, -0.25) is 9.00 Å². The number of amides is 1. The maximum atomic E-state index is 12.1. The zero-order valence-corrected chi connectivity index (χ0v) is 20.9. The number of hydrogen-bond donors (Lipinski definition) is 2. The van der Waals surface area contributed by atoms with E-state index in [4.69, 9.17) is 5.11 Å². The van der Waals surface area contributed by atoms with Crippen molar-refractivity contribution in [2.45, 2.75) is 86.1 Å². The van der Waals surface area contributed by atoms with Gasteiger partial charge in [0.25, 0.3) is 0 Å². The first-order valence-electron chi connectivity index (χ1n) is 11.0. The second kappa shape index (κ2) is 16.7. The van der Waals surface area contributed by atoms with Crippen LogP contribution in [-0.4, -0.2) is 38.7 Å². The number of nitrogens with one attached hydrogen (secondary N) is 1. The van der Waals surface area contributed by atoms with Crippen molar-refractivity contribution in [2.24, 2.45) is 0 Å². The molecule has 0 rings (SSSR count). The van der Waals surface area contributed by atoms with Crippen LogP contribution in [0.25, 0.3) is 0 Å². The monoisotopic (exact) mass is 451 g/mol. The standard InChI is InChI=1S/C25H41NO4S/c1-19(2)10-7-11-20(3)12-8-13-21(4)14-9-15-22(5)16-17-31(30)18-24(25(28)29)26-23(6)27/h10,12,14,16,24H,7-9,11,13,15,17-18H2,1-6H3,(H,26,27)(H,28,29)/b20-12+,21-14+,22-16+. The Bertz CT molecular complexity index is 728. The van der Waals surface area contributed by atoms with Gasteiger partial charge in [-0.15, -0.1) is 0 Å². The molecule has 5 nitrogen and oxygen atoms in total. The van der Waals surface area contributed by atoms with Crippen molar-refractivity contribution >= 4 is 22.7 Å². The van der Waals surface area contributed by atoms with E-state index in [2.05, 4.69) is 51.2 Å². The first kappa shape index (κ1) is 29.1.